The first-order valence-electron chi connectivity index (χ1n) is 14.4. The normalized spacial score (nSPS) is 11.6. The highest BCUT2D eigenvalue weighted by Crippen LogP contribution is 2.38. The smallest absolute Gasteiger partial charge is 0.227 e. The lowest BCUT2D eigenvalue weighted by Crippen LogP contribution is -2.01. The Kier molecular flexibility index (Phi) is 5.40. The van der Waals surface area contributed by atoms with Gasteiger partial charge in [-0.05, 0) is 35.7 Å². The Morgan fingerprint density at radius 3 is 1.82 bits per heavy atom. The molecule has 6 nitrogen and oxygen atoms in total. The fourth-order valence-corrected chi connectivity index (χ4v) is 5.95. The first-order chi connectivity index (χ1) is 21.8. The van der Waals surface area contributed by atoms with E-state index in [4.69, 9.17) is 28.8 Å². The number of furan rings is 1. The van der Waals surface area contributed by atoms with Crippen molar-refractivity contribution < 1.29 is 8.83 Å². The molecular formula is C38H22N4O2. The Morgan fingerprint density at radius 2 is 1.02 bits per heavy atom. The molecule has 0 saturated carbocycles. The third-order valence-corrected chi connectivity index (χ3v) is 7.97. The van der Waals surface area contributed by atoms with Gasteiger partial charge in [-0.3, -0.25) is 0 Å². The van der Waals surface area contributed by atoms with Crippen molar-refractivity contribution in [1.29, 1.82) is 0 Å². The monoisotopic (exact) mass is 566 g/mol. The minimum Gasteiger partial charge on any atom is -0.456 e. The van der Waals surface area contributed by atoms with E-state index in [1.165, 1.54) is 0 Å². The van der Waals surface area contributed by atoms with Gasteiger partial charge in [-0.2, -0.15) is 0 Å². The predicted octanol–water partition coefficient (Wildman–Crippen LogP) is 9.73. The van der Waals surface area contributed by atoms with Crippen molar-refractivity contribution in [2.75, 3.05) is 0 Å². The third-order valence-electron chi connectivity index (χ3n) is 7.97. The average molecular weight is 567 g/mol. The largest absolute Gasteiger partial charge is 0.456 e. The van der Waals surface area contributed by atoms with Crippen molar-refractivity contribution in [3.63, 3.8) is 0 Å². The van der Waals surface area contributed by atoms with Crippen LogP contribution in [0.25, 0.3) is 89.4 Å². The quantitative estimate of drug-likeness (QED) is 0.211. The molecule has 0 aliphatic heterocycles. The summed E-state index contributed by atoms with van der Waals surface area (Å²) in [6, 6.07) is 44.2. The van der Waals surface area contributed by atoms with Crippen LogP contribution in [0, 0.1) is 0 Å². The summed E-state index contributed by atoms with van der Waals surface area (Å²) in [7, 11) is 0. The molecule has 3 aromatic heterocycles. The van der Waals surface area contributed by atoms with Gasteiger partial charge < -0.3 is 8.83 Å². The van der Waals surface area contributed by atoms with E-state index in [9.17, 15) is 0 Å². The van der Waals surface area contributed by atoms with Crippen molar-refractivity contribution in [1.82, 2.24) is 19.9 Å². The minimum atomic E-state index is 0.556. The fourth-order valence-electron chi connectivity index (χ4n) is 5.95. The first-order valence-corrected chi connectivity index (χ1v) is 14.4. The molecule has 9 rings (SSSR count). The Bertz CT molecular complexity index is 2500. The summed E-state index contributed by atoms with van der Waals surface area (Å²) in [5.41, 5.74) is 6.64. The second-order valence-electron chi connectivity index (χ2n) is 10.7. The van der Waals surface area contributed by atoms with E-state index in [1.807, 2.05) is 115 Å². The maximum absolute atomic E-state index is 6.24. The molecule has 44 heavy (non-hydrogen) atoms. The van der Waals surface area contributed by atoms with E-state index in [2.05, 4.69) is 18.2 Å². The molecule has 6 heteroatoms. The molecular weight excluding hydrogens is 544 g/mol. The van der Waals surface area contributed by atoms with Crippen molar-refractivity contribution in [3.05, 3.63) is 133 Å². The van der Waals surface area contributed by atoms with Gasteiger partial charge in [0.15, 0.2) is 23.1 Å². The standard InChI is InChI=1S/C38H22N4O2/c1-3-11-24(12-4-1)35-40-36(42-37(41-35)28-18-10-20-30-33(28)26-16-7-8-19-29(26)43-30)27-17-9-15-23-21-22-31-34(32(23)27)39-38(44-31)25-13-5-2-6-14-25/h1-22H. The molecule has 9 aromatic rings. The molecule has 6 aromatic carbocycles. The van der Waals surface area contributed by atoms with Gasteiger partial charge in [0, 0.05) is 38.4 Å². The zero-order valence-electron chi connectivity index (χ0n) is 23.3. The molecule has 0 unspecified atom stereocenters. The van der Waals surface area contributed by atoms with E-state index in [-0.39, 0.29) is 0 Å². The summed E-state index contributed by atoms with van der Waals surface area (Å²) >= 11 is 0. The Hall–Kier alpha value is -6.14. The molecule has 3 heterocycles. The third kappa shape index (κ3) is 3.89. The van der Waals surface area contributed by atoms with Crippen LogP contribution < -0.4 is 0 Å². The van der Waals surface area contributed by atoms with Crippen molar-refractivity contribution >= 4 is 43.8 Å². The van der Waals surface area contributed by atoms with Gasteiger partial charge in [0.05, 0.1) is 0 Å². The van der Waals surface area contributed by atoms with Crippen LogP contribution in [-0.4, -0.2) is 19.9 Å². The molecule has 0 fully saturated rings. The highest BCUT2D eigenvalue weighted by atomic mass is 16.3. The minimum absolute atomic E-state index is 0.556. The van der Waals surface area contributed by atoms with Gasteiger partial charge in [-0.25, -0.2) is 19.9 Å². The first kappa shape index (κ1) is 24.5. The van der Waals surface area contributed by atoms with Crippen LogP contribution in [0.1, 0.15) is 0 Å². The zero-order valence-corrected chi connectivity index (χ0v) is 23.3. The number of fused-ring (bicyclic) bond motifs is 6. The van der Waals surface area contributed by atoms with E-state index in [0.717, 1.165) is 60.5 Å². The lowest BCUT2D eigenvalue weighted by Gasteiger charge is -2.11. The van der Waals surface area contributed by atoms with E-state index >= 15 is 0 Å². The van der Waals surface area contributed by atoms with Gasteiger partial charge in [0.25, 0.3) is 0 Å². The second-order valence-corrected chi connectivity index (χ2v) is 10.7. The molecule has 0 N–H and O–H groups in total. The van der Waals surface area contributed by atoms with Crippen molar-refractivity contribution in [2.45, 2.75) is 0 Å². The number of benzene rings is 6. The molecule has 0 aliphatic carbocycles. The molecule has 206 valence electrons. The Morgan fingerprint density at radius 1 is 0.386 bits per heavy atom. The van der Waals surface area contributed by atoms with Crippen LogP contribution in [0.4, 0.5) is 0 Å². The van der Waals surface area contributed by atoms with Crippen molar-refractivity contribution in [2.24, 2.45) is 0 Å². The lowest BCUT2D eigenvalue weighted by atomic mass is 10.0. The van der Waals surface area contributed by atoms with E-state index < -0.39 is 0 Å². The molecule has 0 saturated heterocycles. The molecule has 0 amide bonds. The van der Waals surface area contributed by atoms with Gasteiger partial charge in [0.2, 0.25) is 5.89 Å². The summed E-state index contributed by atoms with van der Waals surface area (Å²) in [6.07, 6.45) is 0. The van der Waals surface area contributed by atoms with Gasteiger partial charge in [0.1, 0.15) is 16.7 Å². The summed E-state index contributed by atoms with van der Waals surface area (Å²) in [5, 5.41) is 3.95. The van der Waals surface area contributed by atoms with Crippen LogP contribution in [0.2, 0.25) is 0 Å². The van der Waals surface area contributed by atoms with Crippen LogP contribution in [0.3, 0.4) is 0 Å². The van der Waals surface area contributed by atoms with Gasteiger partial charge in [-0.1, -0.05) is 103 Å². The number of rotatable bonds is 4. The number of aromatic nitrogens is 4. The topological polar surface area (TPSA) is 77.8 Å². The Labute approximate surface area is 251 Å². The number of oxazole rings is 1. The lowest BCUT2D eigenvalue weighted by molar-refractivity contribution is 0.620. The van der Waals surface area contributed by atoms with Crippen LogP contribution in [0.5, 0.6) is 0 Å². The van der Waals surface area contributed by atoms with Gasteiger partial charge in [-0.15, -0.1) is 0 Å². The molecule has 0 aliphatic rings. The maximum atomic E-state index is 6.24. The van der Waals surface area contributed by atoms with E-state index in [1.54, 1.807) is 0 Å². The summed E-state index contributed by atoms with van der Waals surface area (Å²) in [5.74, 6) is 2.29. The van der Waals surface area contributed by atoms with Gasteiger partial charge >= 0.3 is 0 Å². The highest BCUT2D eigenvalue weighted by Gasteiger charge is 2.20. The number of nitrogens with zero attached hydrogens (tertiary/aromatic N) is 4. The average Bonchev–Trinajstić information content (AvgIpc) is 3.71. The van der Waals surface area contributed by atoms with E-state index in [0.29, 0.717) is 28.9 Å². The number of para-hydroxylation sites is 1. The SMILES string of the molecule is c1ccc(-c2nc(-c3cccc4oc5ccccc5c34)nc(-c3cccc4ccc5oc(-c6ccccc6)nc5c34)n2)cc1. The van der Waals surface area contributed by atoms with Crippen LogP contribution in [-0.2, 0) is 0 Å². The van der Waals surface area contributed by atoms with Crippen LogP contribution >= 0.6 is 0 Å². The second kappa shape index (κ2) is 9.71. The molecule has 0 atom stereocenters. The zero-order chi connectivity index (χ0) is 29.0. The van der Waals surface area contributed by atoms with Crippen LogP contribution in [0.15, 0.2) is 142 Å². The Balaban J connectivity index is 1.33. The molecule has 0 bridgehead atoms. The predicted molar refractivity (Wildman–Crippen MR) is 174 cm³/mol. The number of hydrogen-bond acceptors (Lipinski definition) is 6. The number of hydrogen-bond donors (Lipinski definition) is 0. The fraction of sp³-hybridized carbons (Fsp3) is 0. The van der Waals surface area contributed by atoms with Crippen molar-refractivity contribution in [3.8, 4) is 45.6 Å². The molecule has 0 radical (unpaired) electrons. The summed E-state index contributed by atoms with van der Waals surface area (Å²) in [4.78, 5) is 20.2. The summed E-state index contributed by atoms with van der Waals surface area (Å²) in [6.45, 7) is 0. The highest BCUT2D eigenvalue weighted by molar-refractivity contribution is 6.13. The maximum Gasteiger partial charge on any atom is 0.227 e. The molecule has 0 spiro atoms. The summed E-state index contributed by atoms with van der Waals surface area (Å²) < 4.78 is 12.4.